The molecule has 178 valence electrons. The molecule has 0 unspecified atom stereocenters. The summed E-state index contributed by atoms with van der Waals surface area (Å²) in [7, 11) is 3.97. The minimum atomic E-state index is -0.737. The average Bonchev–Trinajstić information content (AvgIpc) is 3.38. The Kier molecular flexibility index (Phi) is 6.71. The third-order valence-corrected chi connectivity index (χ3v) is 5.66. The van der Waals surface area contributed by atoms with Crippen LogP contribution in [0.25, 0.3) is 34.3 Å². The van der Waals surface area contributed by atoms with Gasteiger partial charge in [0, 0.05) is 43.1 Å². The standard InChI is InChI=1S/C25H27N9O/c1-25(2,15-26)20-13-17(9-10-29-20)19-14-30-22(27)21(31-19)24-33-32-23(35-24)16-5-7-18(8-6-16)34(4)12-11-28-3/h5-10,13-14,28H,11-12H2,1-4H3,(H2,27,30). The van der Waals surface area contributed by atoms with Gasteiger partial charge in [0.05, 0.1) is 29.1 Å². The first kappa shape index (κ1) is 23.8. The van der Waals surface area contributed by atoms with Gasteiger partial charge in [0.15, 0.2) is 11.5 Å². The lowest BCUT2D eigenvalue weighted by Crippen LogP contribution is -2.26. The summed E-state index contributed by atoms with van der Waals surface area (Å²) in [5.74, 6) is 0.712. The van der Waals surface area contributed by atoms with E-state index in [0.717, 1.165) is 29.9 Å². The normalized spacial score (nSPS) is 11.3. The lowest BCUT2D eigenvalue weighted by atomic mass is 9.90. The molecule has 3 aromatic heterocycles. The number of benzene rings is 1. The van der Waals surface area contributed by atoms with Gasteiger partial charge in [-0.1, -0.05) is 0 Å². The quantitative estimate of drug-likeness (QED) is 0.394. The molecule has 0 saturated carbocycles. The zero-order valence-electron chi connectivity index (χ0n) is 20.1. The van der Waals surface area contributed by atoms with E-state index in [1.165, 1.54) is 0 Å². The molecule has 4 rings (SSSR count). The Morgan fingerprint density at radius 1 is 1.09 bits per heavy atom. The molecular formula is C25H27N9O. The van der Waals surface area contributed by atoms with Crippen LogP contribution in [-0.4, -0.2) is 52.3 Å². The number of nitrogens with one attached hydrogen (secondary N) is 1. The maximum absolute atomic E-state index is 9.44. The molecule has 0 aliphatic heterocycles. The first-order chi connectivity index (χ1) is 16.8. The summed E-state index contributed by atoms with van der Waals surface area (Å²) >= 11 is 0. The number of anilines is 2. The first-order valence-electron chi connectivity index (χ1n) is 11.1. The van der Waals surface area contributed by atoms with E-state index in [2.05, 4.69) is 41.4 Å². The molecule has 0 aliphatic carbocycles. The van der Waals surface area contributed by atoms with Crippen LogP contribution in [0.2, 0.25) is 0 Å². The van der Waals surface area contributed by atoms with Crippen molar-refractivity contribution in [2.75, 3.05) is 37.8 Å². The van der Waals surface area contributed by atoms with E-state index in [4.69, 9.17) is 10.2 Å². The summed E-state index contributed by atoms with van der Waals surface area (Å²) in [6, 6.07) is 13.8. The number of aromatic nitrogens is 5. The van der Waals surface area contributed by atoms with E-state index < -0.39 is 5.41 Å². The van der Waals surface area contributed by atoms with Gasteiger partial charge in [-0.3, -0.25) is 4.98 Å². The van der Waals surface area contributed by atoms with Crippen LogP contribution in [0.3, 0.4) is 0 Å². The zero-order chi connectivity index (χ0) is 25.0. The second kappa shape index (κ2) is 9.87. The molecule has 1 aromatic carbocycles. The maximum atomic E-state index is 9.44. The Morgan fingerprint density at radius 2 is 1.83 bits per heavy atom. The van der Waals surface area contributed by atoms with Gasteiger partial charge >= 0.3 is 0 Å². The fourth-order valence-electron chi connectivity index (χ4n) is 3.39. The molecular weight excluding hydrogens is 442 g/mol. The maximum Gasteiger partial charge on any atom is 0.270 e. The second-order valence-electron chi connectivity index (χ2n) is 8.64. The summed E-state index contributed by atoms with van der Waals surface area (Å²) in [5.41, 5.74) is 9.47. The summed E-state index contributed by atoms with van der Waals surface area (Å²) in [6.45, 7) is 5.41. The highest BCUT2D eigenvalue weighted by Crippen LogP contribution is 2.30. The number of nitriles is 1. The van der Waals surface area contributed by atoms with Gasteiger partial charge in [-0.2, -0.15) is 5.26 Å². The number of pyridine rings is 1. The van der Waals surface area contributed by atoms with Crippen molar-refractivity contribution in [3.63, 3.8) is 0 Å². The molecule has 0 atom stereocenters. The highest BCUT2D eigenvalue weighted by molar-refractivity contribution is 5.69. The monoisotopic (exact) mass is 469 g/mol. The van der Waals surface area contributed by atoms with Crippen LogP contribution in [0, 0.1) is 11.3 Å². The number of likely N-dealkylation sites (N-methyl/N-ethyl adjacent to an activating group) is 2. The fourth-order valence-corrected chi connectivity index (χ4v) is 3.39. The Labute approximate surface area is 203 Å². The van der Waals surface area contributed by atoms with Crippen molar-refractivity contribution >= 4 is 11.5 Å². The van der Waals surface area contributed by atoms with Gasteiger partial charge in [0.25, 0.3) is 5.89 Å². The number of nitrogens with zero attached hydrogens (tertiary/aromatic N) is 7. The van der Waals surface area contributed by atoms with Crippen LogP contribution in [0.1, 0.15) is 19.5 Å². The molecule has 0 amide bonds. The minimum absolute atomic E-state index is 0.175. The van der Waals surface area contributed by atoms with E-state index in [9.17, 15) is 5.26 Å². The van der Waals surface area contributed by atoms with Gasteiger partial charge in [0.1, 0.15) is 0 Å². The Bertz CT molecular complexity index is 1360. The third kappa shape index (κ3) is 5.10. The highest BCUT2D eigenvalue weighted by atomic mass is 16.4. The summed E-state index contributed by atoms with van der Waals surface area (Å²) in [4.78, 5) is 15.4. The molecule has 3 N–H and O–H groups in total. The van der Waals surface area contributed by atoms with Gasteiger partial charge in [0.2, 0.25) is 5.89 Å². The zero-order valence-corrected chi connectivity index (χ0v) is 20.1. The number of nitrogens with two attached hydrogens (primary N) is 1. The molecule has 0 radical (unpaired) electrons. The SMILES string of the molecule is CNCCN(C)c1ccc(-c2nnc(-c3nc(-c4ccnc(C(C)(C)C#N)c4)cnc3N)o2)cc1. The van der Waals surface area contributed by atoms with Gasteiger partial charge in [-0.15, -0.1) is 10.2 Å². The van der Waals surface area contributed by atoms with Crippen molar-refractivity contribution in [1.82, 2.24) is 30.5 Å². The van der Waals surface area contributed by atoms with E-state index >= 15 is 0 Å². The first-order valence-corrected chi connectivity index (χ1v) is 11.1. The second-order valence-corrected chi connectivity index (χ2v) is 8.64. The average molecular weight is 470 g/mol. The Hall–Kier alpha value is -4.36. The summed E-state index contributed by atoms with van der Waals surface area (Å²) < 4.78 is 5.90. The molecule has 10 nitrogen and oxygen atoms in total. The van der Waals surface area contributed by atoms with Gasteiger partial charge in [-0.25, -0.2) is 9.97 Å². The van der Waals surface area contributed by atoms with Crippen LogP contribution < -0.4 is 16.0 Å². The van der Waals surface area contributed by atoms with Crippen molar-refractivity contribution in [2.45, 2.75) is 19.3 Å². The third-order valence-electron chi connectivity index (χ3n) is 5.66. The van der Waals surface area contributed by atoms with Gasteiger partial charge in [-0.05, 0) is 57.3 Å². The number of nitrogen functional groups attached to an aromatic ring is 1. The smallest absolute Gasteiger partial charge is 0.270 e. The molecule has 10 heteroatoms. The van der Waals surface area contributed by atoms with Gasteiger partial charge < -0.3 is 20.4 Å². The Balaban J connectivity index is 1.61. The van der Waals surface area contributed by atoms with Crippen LogP contribution >= 0.6 is 0 Å². The van der Waals surface area contributed by atoms with Crippen LogP contribution in [0.4, 0.5) is 11.5 Å². The van der Waals surface area contributed by atoms with Crippen molar-refractivity contribution in [1.29, 1.82) is 5.26 Å². The van der Waals surface area contributed by atoms with Crippen LogP contribution in [0.15, 0.2) is 53.2 Å². The van der Waals surface area contributed by atoms with Crippen LogP contribution in [-0.2, 0) is 5.41 Å². The van der Waals surface area contributed by atoms with Crippen LogP contribution in [0.5, 0.6) is 0 Å². The topological polar surface area (TPSA) is 143 Å². The molecule has 0 fully saturated rings. The van der Waals surface area contributed by atoms with E-state index in [1.807, 2.05) is 58.3 Å². The lowest BCUT2D eigenvalue weighted by molar-refractivity contribution is 0.582. The predicted molar refractivity (Wildman–Crippen MR) is 134 cm³/mol. The van der Waals surface area contributed by atoms with E-state index in [-0.39, 0.29) is 11.7 Å². The number of hydrogen-bond acceptors (Lipinski definition) is 10. The predicted octanol–water partition coefficient (Wildman–Crippen LogP) is 3.29. The molecule has 0 saturated heterocycles. The fraction of sp³-hybridized carbons (Fsp3) is 0.280. The van der Waals surface area contributed by atoms with Crippen molar-refractivity contribution in [3.8, 4) is 40.4 Å². The molecule has 4 aromatic rings. The molecule has 0 aliphatic rings. The highest BCUT2D eigenvalue weighted by Gasteiger charge is 2.23. The van der Waals surface area contributed by atoms with Crippen molar-refractivity contribution in [2.24, 2.45) is 0 Å². The van der Waals surface area contributed by atoms with E-state index in [1.54, 1.807) is 18.5 Å². The lowest BCUT2D eigenvalue weighted by Gasteiger charge is -2.19. The summed E-state index contributed by atoms with van der Waals surface area (Å²) in [6.07, 6.45) is 3.21. The molecule has 35 heavy (non-hydrogen) atoms. The van der Waals surface area contributed by atoms with Crippen molar-refractivity contribution < 1.29 is 4.42 Å². The molecule has 0 bridgehead atoms. The largest absolute Gasteiger partial charge is 0.414 e. The number of hydrogen-bond donors (Lipinski definition) is 2. The summed E-state index contributed by atoms with van der Waals surface area (Å²) in [5, 5.41) is 20.9. The Morgan fingerprint density at radius 3 is 2.54 bits per heavy atom. The van der Waals surface area contributed by atoms with Crippen molar-refractivity contribution in [3.05, 3.63) is 54.5 Å². The van der Waals surface area contributed by atoms with E-state index in [0.29, 0.717) is 23.0 Å². The minimum Gasteiger partial charge on any atom is -0.414 e. The number of rotatable bonds is 8. The molecule has 0 spiro atoms. The molecule has 3 heterocycles.